The number of morpholine rings is 1. The lowest BCUT2D eigenvalue weighted by atomic mass is 10.1. The van der Waals surface area contributed by atoms with Crippen molar-refractivity contribution in [3.05, 3.63) is 0 Å². The quantitative estimate of drug-likeness (QED) is 0.707. The number of hydrogen-bond acceptors (Lipinski definition) is 3. The second kappa shape index (κ2) is 5.58. The molecule has 78 valence electrons. The highest BCUT2D eigenvalue weighted by Crippen LogP contribution is 2.13. The third-order valence-electron chi connectivity index (χ3n) is 2.81. The number of nitrogens with two attached hydrogens (primary N) is 1. The van der Waals surface area contributed by atoms with Gasteiger partial charge in [-0.05, 0) is 33.2 Å². The topological polar surface area (TPSA) is 38.5 Å². The zero-order valence-electron chi connectivity index (χ0n) is 8.83. The molecule has 0 aromatic rings. The summed E-state index contributed by atoms with van der Waals surface area (Å²) in [5, 5.41) is 0. The van der Waals surface area contributed by atoms with Crippen molar-refractivity contribution in [3.63, 3.8) is 0 Å². The Morgan fingerprint density at radius 2 is 2.38 bits per heavy atom. The van der Waals surface area contributed by atoms with Crippen molar-refractivity contribution in [3.8, 4) is 0 Å². The minimum Gasteiger partial charge on any atom is -0.379 e. The normalized spacial score (nSPS) is 27.5. The lowest BCUT2D eigenvalue weighted by Crippen LogP contribution is -2.48. The van der Waals surface area contributed by atoms with Crippen molar-refractivity contribution < 1.29 is 4.74 Å². The molecule has 1 heterocycles. The molecule has 0 amide bonds. The van der Waals surface area contributed by atoms with Gasteiger partial charge in [-0.15, -0.1) is 0 Å². The lowest BCUT2D eigenvalue weighted by molar-refractivity contribution is -0.0200. The van der Waals surface area contributed by atoms with Crippen molar-refractivity contribution in [1.82, 2.24) is 4.90 Å². The molecular formula is C10H22N2O. The van der Waals surface area contributed by atoms with Crippen molar-refractivity contribution >= 4 is 0 Å². The van der Waals surface area contributed by atoms with Crippen LogP contribution in [0.2, 0.25) is 0 Å². The van der Waals surface area contributed by atoms with Crippen LogP contribution in [-0.2, 0) is 4.74 Å². The van der Waals surface area contributed by atoms with Crippen molar-refractivity contribution in [1.29, 1.82) is 0 Å². The summed E-state index contributed by atoms with van der Waals surface area (Å²) in [6.45, 7) is 8.18. The maximum Gasteiger partial charge on any atom is 0.0619 e. The van der Waals surface area contributed by atoms with Crippen molar-refractivity contribution in [2.75, 3.05) is 26.3 Å². The number of rotatable bonds is 4. The maximum atomic E-state index is 5.50. The van der Waals surface area contributed by atoms with Crippen LogP contribution in [0.4, 0.5) is 0 Å². The Morgan fingerprint density at radius 3 is 3.00 bits per heavy atom. The molecule has 0 radical (unpaired) electrons. The SMILES string of the molecule is CC(CCCN)N1CCOCC1C. The summed E-state index contributed by atoms with van der Waals surface area (Å²) in [6.07, 6.45) is 2.34. The van der Waals surface area contributed by atoms with E-state index >= 15 is 0 Å². The van der Waals surface area contributed by atoms with E-state index < -0.39 is 0 Å². The predicted octanol–water partition coefficient (Wildman–Crippen LogP) is 0.834. The van der Waals surface area contributed by atoms with Crippen LogP contribution < -0.4 is 5.73 Å². The average molecular weight is 186 g/mol. The molecule has 1 saturated heterocycles. The van der Waals surface area contributed by atoms with Gasteiger partial charge in [0, 0.05) is 18.6 Å². The van der Waals surface area contributed by atoms with E-state index in [1.165, 1.54) is 6.42 Å². The summed E-state index contributed by atoms with van der Waals surface area (Å²) < 4.78 is 5.40. The molecule has 0 aromatic carbocycles. The van der Waals surface area contributed by atoms with E-state index in [9.17, 15) is 0 Å². The molecule has 0 bridgehead atoms. The van der Waals surface area contributed by atoms with Crippen molar-refractivity contribution in [2.24, 2.45) is 5.73 Å². The molecule has 3 nitrogen and oxygen atoms in total. The van der Waals surface area contributed by atoms with Crippen LogP contribution in [0, 0.1) is 0 Å². The lowest BCUT2D eigenvalue weighted by Gasteiger charge is -2.37. The van der Waals surface area contributed by atoms with Gasteiger partial charge in [-0.3, -0.25) is 4.90 Å². The molecule has 0 spiro atoms. The highest BCUT2D eigenvalue weighted by Gasteiger charge is 2.22. The van der Waals surface area contributed by atoms with Gasteiger partial charge in [0.25, 0.3) is 0 Å². The minimum absolute atomic E-state index is 0.571. The molecule has 2 unspecified atom stereocenters. The fourth-order valence-electron chi connectivity index (χ4n) is 1.97. The molecule has 13 heavy (non-hydrogen) atoms. The van der Waals surface area contributed by atoms with Gasteiger partial charge in [0.1, 0.15) is 0 Å². The first kappa shape index (κ1) is 11.0. The Balaban J connectivity index is 2.30. The molecular weight excluding hydrogens is 164 g/mol. The van der Waals surface area contributed by atoms with Gasteiger partial charge in [0.05, 0.1) is 13.2 Å². The van der Waals surface area contributed by atoms with Gasteiger partial charge in [-0.1, -0.05) is 0 Å². The summed E-state index contributed by atoms with van der Waals surface area (Å²) in [4.78, 5) is 2.53. The molecule has 3 heteroatoms. The summed E-state index contributed by atoms with van der Waals surface area (Å²) in [6, 6.07) is 1.23. The Bertz CT molecular complexity index is 141. The van der Waals surface area contributed by atoms with Gasteiger partial charge in [0.2, 0.25) is 0 Å². The van der Waals surface area contributed by atoms with Crippen LogP contribution in [0.5, 0.6) is 0 Å². The Kier molecular flexibility index (Phi) is 4.70. The van der Waals surface area contributed by atoms with Gasteiger partial charge < -0.3 is 10.5 Å². The molecule has 0 aromatic heterocycles. The van der Waals surface area contributed by atoms with Crippen LogP contribution in [-0.4, -0.2) is 43.3 Å². The number of ether oxygens (including phenoxy) is 1. The molecule has 1 aliphatic rings. The molecule has 0 saturated carbocycles. The fraction of sp³-hybridized carbons (Fsp3) is 1.00. The zero-order chi connectivity index (χ0) is 9.68. The van der Waals surface area contributed by atoms with E-state index in [0.29, 0.717) is 12.1 Å². The molecule has 2 atom stereocenters. The molecule has 1 aliphatic heterocycles. The highest BCUT2D eigenvalue weighted by molar-refractivity contribution is 4.76. The fourth-order valence-corrected chi connectivity index (χ4v) is 1.97. The highest BCUT2D eigenvalue weighted by atomic mass is 16.5. The van der Waals surface area contributed by atoms with E-state index in [2.05, 4.69) is 18.7 Å². The maximum absolute atomic E-state index is 5.50. The van der Waals surface area contributed by atoms with Gasteiger partial charge >= 0.3 is 0 Å². The summed E-state index contributed by atoms with van der Waals surface area (Å²) in [7, 11) is 0. The first-order chi connectivity index (χ1) is 6.25. The van der Waals surface area contributed by atoms with Gasteiger partial charge in [-0.2, -0.15) is 0 Å². The smallest absolute Gasteiger partial charge is 0.0619 e. The van der Waals surface area contributed by atoms with E-state index in [4.69, 9.17) is 10.5 Å². The third kappa shape index (κ3) is 3.25. The summed E-state index contributed by atoms with van der Waals surface area (Å²) >= 11 is 0. The predicted molar refractivity (Wildman–Crippen MR) is 54.7 cm³/mol. The molecule has 1 rings (SSSR count). The van der Waals surface area contributed by atoms with E-state index in [1.54, 1.807) is 0 Å². The molecule has 1 fully saturated rings. The molecule has 2 N–H and O–H groups in total. The first-order valence-electron chi connectivity index (χ1n) is 5.29. The second-order valence-corrected chi connectivity index (χ2v) is 3.94. The van der Waals surface area contributed by atoms with Crippen molar-refractivity contribution in [2.45, 2.75) is 38.8 Å². The standard InChI is InChI=1S/C10H22N2O/c1-9(4-3-5-11)12-6-7-13-8-10(12)2/h9-10H,3-8,11H2,1-2H3. The third-order valence-corrected chi connectivity index (χ3v) is 2.81. The molecule has 0 aliphatic carbocycles. The summed E-state index contributed by atoms with van der Waals surface area (Å²) in [5.41, 5.74) is 5.50. The van der Waals surface area contributed by atoms with Crippen LogP contribution >= 0.6 is 0 Å². The van der Waals surface area contributed by atoms with E-state index in [1.807, 2.05) is 0 Å². The Morgan fingerprint density at radius 1 is 1.62 bits per heavy atom. The van der Waals surface area contributed by atoms with Crippen LogP contribution in [0.3, 0.4) is 0 Å². The largest absolute Gasteiger partial charge is 0.379 e. The van der Waals surface area contributed by atoms with E-state index in [0.717, 1.165) is 32.7 Å². The summed E-state index contributed by atoms with van der Waals surface area (Å²) in [5.74, 6) is 0. The van der Waals surface area contributed by atoms with Crippen LogP contribution in [0.1, 0.15) is 26.7 Å². The van der Waals surface area contributed by atoms with Crippen LogP contribution in [0.25, 0.3) is 0 Å². The number of hydrogen-bond donors (Lipinski definition) is 1. The zero-order valence-corrected chi connectivity index (χ0v) is 8.83. The van der Waals surface area contributed by atoms with E-state index in [-0.39, 0.29) is 0 Å². The monoisotopic (exact) mass is 186 g/mol. The van der Waals surface area contributed by atoms with Crippen LogP contribution in [0.15, 0.2) is 0 Å². The minimum atomic E-state index is 0.571. The van der Waals surface area contributed by atoms with Gasteiger partial charge in [-0.25, -0.2) is 0 Å². The second-order valence-electron chi connectivity index (χ2n) is 3.94. The Hall–Kier alpha value is -0.120. The average Bonchev–Trinajstić information content (AvgIpc) is 2.15. The number of nitrogens with zero attached hydrogens (tertiary/aromatic N) is 1. The van der Waals surface area contributed by atoms with Gasteiger partial charge in [0.15, 0.2) is 0 Å². The Labute approximate surface area is 81.2 Å². The first-order valence-corrected chi connectivity index (χ1v) is 5.29.